The summed E-state index contributed by atoms with van der Waals surface area (Å²) < 4.78 is 10.6. The third kappa shape index (κ3) is 3.36. The largest absolute Gasteiger partial charge is 0.497 e. The van der Waals surface area contributed by atoms with Gasteiger partial charge in [0.25, 0.3) is 0 Å². The van der Waals surface area contributed by atoms with Gasteiger partial charge in [-0.05, 0) is 36.2 Å². The second kappa shape index (κ2) is 6.41. The smallest absolute Gasteiger partial charge is 0.137 e. The zero-order valence-corrected chi connectivity index (χ0v) is 10.9. The molecule has 102 valence electrons. The van der Waals surface area contributed by atoms with Crippen LogP contribution in [0.15, 0.2) is 40.8 Å². The Kier molecular flexibility index (Phi) is 4.60. The molecule has 4 heteroatoms. The molecule has 1 atom stereocenters. The fraction of sp³-hybridized carbons (Fsp3) is 0.333. The summed E-state index contributed by atoms with van der Waals surface area (Å²) in [6.07, 6.45) is 0.547. The Morgan fingerprint density at radius 1 is 1.16 bits per heavy atom. The van der Waals surface area contributed by atoms with E-state index in [-0.39, 0.29) is 6.61 Å². The number of aryl methyl sites for hydroxylation is 1. The molecule has 0 aliphatic rings. The third-order valence-electron chi connectivity index (χ3n) is 2.96. The molecule has 0 radical (unpaired) electrons. The van der Waals surface area contributed by atoms with Crippen LogP contribution in [-0.4, -0.2) is 23.9 Å². The number of furan rings is 1. The van der Waals surface area contributed by atoms with Crippen LogP contribution in [0.25, 0.3) is 0 Å². The summed E-state index contributed by atoms with van der Waals surface area (Å²) in [5, 5.41) is 19.0. The van der Waals surface area contributed by atoms with Crippen LogP contribution in [-0.2, 0) is 6.42 Å². The van der Waals surface area contributed by atoms with Gasteiger partial charge in [0.2, 0.25) is 0 Å². The zero-order valence-electron chi connectivity index (χ0n) is 10.9. The number of aliphatic hydroxyl groups is 2. The molecular weight excluding hydrogens is 244 g/mol. The fourth-order valence-corrected chi connectivity index (χ4v) is 1.88. The van der Waals surface area contributed by atoms with E-state index in [9.17, 15) is 5.11 Å². The van der Waals surface area contributed by atoms with E-state index in [1.165, 1.54) is 0 Å². The maximum Gasteiger partial charge on any atom is 0.137 e. The van der Waals surface area contributed by atoms with Crippen molar-refractivity contribution in [2.45, 2.75) is 18.9 Å². The average Bonchev–Trinajstić information content (AvgIpc) is 2.93. The molecule has 0 saturated carbocycles. The van der Waals surface area contributed by atoms with Crippen molar-refractivity contribution in [3.05, 3.63) is 53.5 Å². The summed E-state index contributed by atoms with van der Waals surface area (Å²) in [6, 6.07) is 10.8. The highest BCUT2D eigenvalue weighted by atomic mass is 16.5. The molecule has 1 heterocycles. The van der Waals surface area contributed by atoms with Crippen molar-refractivity contribution < 1.29 is 19.4 Å². The van der Waals surface area contributed by atoms with Gasteiger partial charge in [-0.3, -0.25) is 0 Å². The van der Waals surface area contributed by atoms with Crippen LogP contribution in [0.5, 0.6) is 5.75 Å². The molecular formula is C15H18O4. The second-order valence-corrected chi connectivity index (χ2v) is 4.31. The Balaban J connectivity index is 2.09. The number of rotatable bonds is 6. The lowest BCUT2D eigenvalue weighted by Gasteiger charge is -2.09. The Labute approximate surface area is 112 Å². The van der Waals surface area contributed by atoms with Crippen molar-refractivity contribution in [3.8, 4) is 5.75 Å². The molecule has 1 aromatic heterocycles. The topological polar surface area (TPSA) is 62.8 Å². The van der Waals surface area contributed by atoms with Crippen molar-refractivity contribution >= 4 is 0 Å². The number of hydrogen-bond donors (Lipinski definition) is 2. The summed E-state index contributed by atoms with van der Waals surface area (Å²) in [7, 11) is 1.60. The van der Waals surface area contributed by atoms with Crippen molar-refractivity contribution in [2.75, 3.05) is 13.7 Å². The number of aliphatic hydroxyl groups excluding tert-OH is 2. The summed E-state index contributed by atoms with van der Waals surface area (Å²) in [4.78, 5) is 0. The van der Waals surface area contributed by atoms with Crippen molar-refractivity contribution in [2.24, 2.45) is 0 Å². The van der Waals surface area contributed by atoms with Gasteiger partial charge in [0.15, 0.2) is 0 Å². The van der Waals surface area contributed by atoms with Crippen LogP contribution in [0.4, 0.5) is 0 Å². The first-order valence-electron chi connectivity index (χ1n) is 6.26. The maximum absolute atomic E-state index is 10.2. The quantitative estimate of drug-likeness (QED) is 0.838. The van der Waals surface area contributed by atoms with Crippen LogP contribution in [0, 0.1) is 0 Å². The number of benzene rings is 1. The predicted molar refractivity (Wildman–Crippen MR) is 71.2 cm³/mol. The summed E-state index contributed by atoms with van der Waals surface area (Å²) in [5.41, 5.74) is 0.754. The molecule has 2 aromatic rings. The lowest BCUT2D eigenvalue weighted by molar-refractivity contribution is 0.186. The fourth-order valence-electron chi connectivity index (χ4n) is 1.88. The lowest BCUT2D eigenvalue weighted by atomic mass is 10.1. The monoisotopic (exact) mass is 262 g/mol. The zero-order chi connectivity index (χ0) is 13.7. The summed E-state index contributed by atoms with van der Waals surface area (Å²) in [6.45, 7) is 0.136. The van der Waals surface area contributed by atoms with Crippen LogP contribution in [0.2, 0.25) is 0 Å². The molecule has 0 bridgehead atoms. The molecule has 1 unspecified atom stereocenters. The third-order valence-corrected chi connectivity index (χ3v) is 2.96. The van der Waals surface area contributed by atoms with Crippen molar-refractivity contribution in [1.82, 2.24) is 0 Å². The molecule has 0 spiro atoms. The summed E-state index contributed by atoms with van der Waals surface area (Å²) >= 11 is 0. The molecule has 0 aliphatic carbocycles. The maximum atomic E-state index is 10.2. The van der Waals surface area contributed by atoms with Crippen LogP contribution < -0.4 is 4.74 Å². The summed E-state index contributed by atoms with van der Waals surface area (Å²) in [5.74, 6) is 2.04. The van der Waals surface area contributed by atoms with Gasteiger partial charge in [0.1, 0.15) is 23.4 Å². The Morgan fingerprint density at radius 3 is 2.53 bits per heavy atom. The van der Waals surface area contributed by atoms with Crippen LogP contribution >= 0.6 is 0 Å². The Hall–Kier alpha value is -1.78. The molecule has 0 aliphatic heterocycles. The predicted octanol–water partition coefficient (Wildman–Crippen LogP) is 2.29. The molecule has 2 rings (SSSR count). The highest BCUT2D eigenvalue weighted by molar-refractivity contribution is 5.31. The first-order chi connectivity index (χ1) is 9.24. The van der Waals surface area contributed by atoms with Crippen LogP contribution in [0.1, 0.15) is 29.6 Å². The molecule has 4 nitrogen and oxygen atoms in total. The highest BCUT2D eigenvalue weighted by Gasteiger charge is 2.14. The van der Waals surface area contributed by atoms with E-state index in [1.54, 1.807) is 37.4 Å². The number of hydrogen-bond acceptors (Lipinski definition) is 4. The van der Waals surface area contributed by atoms with E-state index >= 15 is 0 Å². The molecule has 0 fully saturated rings. The SMILES string of the molecule is COc1ccc(C(O)c2ccc(CCCO)o2)cc1. The van der Waals surface area contributed by atoms with Crippen molar-refractivity contribution in [1.29, 1.82) is 0 Å². The Bertz CT molecular complexity index is 501. The molecule has 1 aromatic carbocycles. The van der Waals surface area contributed by atoms with Gasteiger partial charge in [-0.2, -0.15) is 0 Å². The van der Waals surface area contributed by atoms with E-state index < -0.39 is 6.10 Å². The number of methoxy groups -OCH3 is 1. The van der Waals surface area contributed by atoms with Gasteiger partial charge in [-0.15, -0.1) is 0 Å². The lowest BCUT2D eigenvalue weighted by Crippen LogP contribution is -1.98. The van der Waals surface area contributed by atoms with Crippen LogP contribution in [0.3, 0.4) is 0 Å². The molecule has 2 N–H and O–H groups in total. The molecule has 0 amide bonds. The minimum absolute atomic E-state index is 0.136. The number of ether oxygens (including phenoxy) is 1. The van der Waals surface area contributed by atoms with E-state index in [4.69, 9.17) is 14.3 Å². The van der Waals surface area contributed by atoms with E-state index in [0.29, 0.717) is 18.6 Å². The van der Waals surface area contributed by atoms with E-state index in [2.05, 4.69) is 0 Å². The van der Waals surface area contributed by atoms with E-state index in [1.807, 2.05) is 6.07 Å². The van der Waals surface area contributed by atoms with Gasteiger partial charge >= 0.3 is 0 Å². The molecule has 19 heavy (non-hydrogen) atoms. The van der Waals surface area contributed by atoms with Gasteiger partial charge in [0.05, 0.1) is 7.11 Å². The standard InChI is InChI=1S/C15H18O4/c1-18-12-6-4-11(5-7-12)15(17)14-9-8-13(19-14)3-2-10-16/h4-9,15-17H,2-3,10H2,1H3. The van der Waals surface area contributed by atoms with Gasteiger partial charge in [-0.1, -0.05) is 12.1 Å². The van der Waals surface area contributed by atoms with Crippen molar-refractivity contribution in [3.63, 3.8) is 0 Å². The van der Waals surface area contributed by atoms with Gasteiger partial charge in [0, 0.05) is 13.0 Å². The second-order valence-electron chi connectivity index (χ2n) is 4.31. The first-order valence-corrected chi connectivity index (χ1v) is 6.26. The normalized spacial score (nSPS) is 12.4. The molecule has 0 saturated heterocycles. The minimum Gasteiger partial charge on any atom is -0.497 e. The van der Waals surface area contributed by atoms with Gasteiger partial charge < -0.3 is 19.4 Å². The van der Waals surface area contributed by atoms with E-state index in [0.717, 1.165) is 17.1 Å². The minimum atomic E-state index is -0.784. The Morgan fingerprint density at radius 2 is 1.89 bits per heavy atom. The highest BCUT2D eigenvalue weighted by Crippen LogP contribution is 2.25. The first kappa shape index (κ1) is 13.6. The average molecular weight is 262 g/mol. The van der Waals surface area contributed by atoms with Gasteiger partial charge in [-0.25, -0.2) is 0 Å².